The number of hydrogen-bond donors (Lipinski definition) is 2. The lowest BCUT2D eigenvalue weighted by Gasteiger charge is -2.09. The molecule has 0 unspecified atom stereocenters. The summed E-state index contributed by atoms with van der Waals surface area (Å²) in [5.41, 5.74) is 2.52. The Hall–Kier alpha value is -2.45. The van der Waals surface area contributed by atoms with E-state index in [1.54, 1.807) is 18.2 Å². The zero-order chi connectivity index (χ0) is 18.3. The van der Waals surface area contributed by atoms with Crippen molar-refractivity contribution in [2.24, 2.45) is 0 Å². The predicted octanol–water partition coefficient (Wildman–Crippen LogP) is 2.17. The maximum Gasteiger partial charge on any atom is 0.257 e. The molecule has 0 radical (unpaired) electrons. The number of halogens is 1. The van der Waals surface area contributed by atoms with Crippen LogP contribution in [0.25, 0.3) is 0 Å². The highest BCUT2D eigenvalue weighted by Gasteiger charge is 2.15. The molecule has 134 valence electrons. The van der Waals surface area contributed by atoms with Gasteiger partial charge in [0.25, 0.3) is 10.0 Å². The minimum absolute atomic E-state index is 0.00893. The number of rotatable bonds is 8. The van der Waals surface area contributed by atoms with Gasteiger partial charge in [-0.1, -0.05) is 18.2 Å². The molecule has 0 spiro atoms. The van der Waals surface area contributed by atoms with E-state index in [0.29, 0.717) is 17.9 Å². The predicted molar refractivity (Wildman–Crippen MR) is 90.8 cm³/mol. The fraction of sp³-hybridized carbons (Fsp3) is 0.235. The number of benzene rings is 2. The summed E-state index contributed by atoms with van der Waals surface area (Å²) in [7, 11) is -3.89. The molecular weight excluding hydrogens is 347 g/mol. The number of aryl methyl sites for hydroxylation is 1. The van der Waals surface area contributed by atoms with Gasteiger partial charge in [-0.2, -0.15) is 0 Å². The van der Waals surface area contributed by atoms with Crippen LogP contribution in [0.3, 0.4) is 0 Å². The van der Waals surface area contributed by atoms with Gasteiger partial charge in [-0.15, -0.1) is 4.83 Å². The molecule has 0 heterocycles. The molecule has 2 rings (SSSR count). The van der Waals surface area contributed by atoms with Crippen molar-refractivity contribution in [1.82, 2.24) is 10.3 Å². The Bertz CT molecular complexity index is 823. The van der Waals surface area contributed by atoms with E-state index in [0.717, 1.165) is 0 Å². The van der Waals surface area contributed by atoms with E-state index < -0.39 is 21.7 Å². The highest BCUT2D eigenvalue weighted by atomic mass is 32.2. The summed E-state index contributed by atoms with van der Waals surface area (Å²) in [5, 5.41) is 0. The van der Waals surface area contributed by atoms with Crippen molar-refractivity contribution in [2.45, 2.75) is 24.7 Å². The van der Waals surface area contributed by atoms with E-state index in [2.05, 4.69) is 5.43 Å². The molecular formula is C17H19FN2O4S. The number of sulfonamides is 1. The smallest absolute Gasteiger partial charge is 0.257 e. The van der Waals surface area contributed by atoms with Gasteiger partial charge in [0.1, 0.15) is 11.6 Å². The number of carbonyl (C=O) groups is 1. The van der Waals surface area contributed by atoms with Crippen LogP contribution in [0, 0.1) is 5.82 Å². The van der Waals surface area contributed by atoms with Crippen molar-refractivity contribution < 1.29 is 22.3 Å². The van der Waals surface area contributed by atoms with Crippen LogP contribution in [-0.2, 0) is 21.2 Å². The van der Waals surface area contributed by atoms with Crippen LogP contribution in [0.2, 0.25) is 0 Å². The zero-order valence-electron chi connectivity index (χ0n) is 13.7. The number of hydrogen-bond acceptors (Lipinski definition) is 4. The van der Waals surface area contributed by atoms with Crippen molar-refractivity contribution >= 4 is 15.9 Å². The highest BCUT2D eigenvalue weighted by Crippen LogP contribution is 2.15. The molecule has 8 heteroatoms. The summed E-state index contributed by atoms with van der Waals surface area (Å²) >= 11 is 0. The normalized spacial score (nSPS) is 11.1. The third-order valence-corrected chi connectivity index (χ3v) is 4.61. The summed E-state index contributed by atoms with van der Waals surface area (Å²) in [4.78, 5) is 13.8. The molecule has 1 amide bonds. The van der Waals surface area contributed by atoms with Gasteiger partial charge < -0.3 is 4.74 Å². The Balaban J connectivity index is 1.88. The van der Waals surface area contributed by atoms with Gasteiger partial charge >= 0.3 is 0 Å². The molecule has 0 bridgehead atoms. The fourth-order valence-electron chi connectivity index (χ4n) is 2.08. The summed E-state index contributed by atoms with van der Waals surface area (Å²) in [6.07, 6.45) is 0.121. The molecule has 0 aliphatic heterocycles. The molecule has 0 atom stereocenters. The van der Waals surface area contributed by atoms with Crippen LogP contribution < -0.4 is 15.0 Å². The van der Waals surface area contributed by atoms with E-state index in [9.17, 15) is 17.6 Å². The standard InChI is InChI=1S/C17H19FN2O4S/c1-2-24-14-8-10-15(11-9-14)25(22,23)20-19-17(21)12-7-13-5-3-4-6-16(13)18/h3-6,8-11,20H,2,7,12H2,1H3,(H,19,21). The Morgan fingerprint density at radius 1 is 1.12 bits per heavy atom. The molecule has 0 saturated carbocycles. The first-order chi connectivity index (χ1) is 11.9. The number of carbonyl (C=O) groups excluding carboxylic acids is 1. The van der Waals surface area contributed by atoms with Crippen LogP contribution in [-0.4, -0.2) is 20.9 Å². The summed E-state index contributed by atoms with van der Waals surface area (Å²) in [6, 6.07) is 11.9. The van der Waals surface area contributed by atoms with Crippen LogP contribution in [0.1, 0.15) is 18.9 Å². The van der Waals surface area contributed by atoms with Crippen LogP contribution in [0.4, 0.5) is 4.39 Å². The molecule has 2 aromatic rings. The topological polar surface area (TPSA) is 84.5 Å². The number of nitrogens with one attached hydrogen (secondary N) is 2. The summed E-state index contributed by atoms with van der Waals surface area (Å²) in [5.74, 6) is -0.404. The van der Waals surface area contributed by atoms with Crippen LogP contribution >= 0.6 is 0 Å². The largest absolute Gasteiger partial charge is 0.494 e. The van der Waals surface area contributed by atoms with E-state index in [4.69, 9.17) is 4.74 Å². The Morgan fingerprint density at radius 2 is 1.80 bits per heavy atom. The van der Waals surface area contributed by atoms with Gasteiger partial charge in [0.2, 0.25) is 5.91 Å². The minimum Gasteiger partial charge on any atom is -0.494 e. The minimum atomic E-state index is -3.89. The van der Waals surface area contributed by atoms with Crippen molar-refractivity contribution in [1.29, 1.82) is 0 Å². The molecule has 0 fully saturated rings. The first-order valence-electron chi connectivity index (χ1n) is 7.69. The molecule has 2 N–H and O–H groups in total. The second kappa shape index (κ2) is 8.59. The highest BCUT2D eigenvalue weighted by molar-refractivity contribution is 7.89. The summed E-state index contributed by atoms with van der Waals surface area (Å²) in [6.45, 7) is 2.30. The Labute approximate surface area is 146 Å². The number of ether oxygens (including phenoxy) is 1. The third-order valence-electron chi connectivity index (χ3n) is 3.35. The van der Waals surface area contributed by atoms with E-state index in [1.165, 1.54) is 30.3 Å². The second-order valence-corrected chi connectivity index (χ2v) is 6.83. The SMILES string of the molecule is CCOc1ccc(S(=O)(=O)NNC(=O)CCc2ccccc2F)cc1. The lowest BCUT2D eigenvalue weighted by Crippen LogP contribution is -2.41. The van der Waals surface area contributed by atoms with Crippen LogP contribution in [0.15, 0.2) is 53.4 Å². The van der Waals surface area contributed by atoms with Crippen molar-refractivity contribution in [3.63, 3.8) is 0 Å². The fourth-order valence-corrected chi connectivity index (χ4v) is 2.94. The Morgan fingerprint density at radius 3 is 2.44 bits per heavy atom. The second-order valence-electron chi connectivity index (χ2n) is 5.15. The average Bonchev–Trinajstić information content (AvgIpc) is 2.60. The van der Waals surface area contributed by atoms with Gasteiger partial charge in [0.05, 0.1) is 11.5 Å². The first kappa shape index (κ1) is 18.9. The molecule has 0 saturated heterocycles. The first-order valence-corrected chi connectivity index (χ1v) is 9.17. The molecule has 25 heavy (non-hydrogen) atoms. The molecule has 0 aliphatic carbocycles. The van der Waals surface area contributed by atoms with Gasteiger partial charge in [-0.3, -0.25) is 10.2 Å². The monoisotopic (exact) mass is 366 g/mol. The van der Waals surface area contributed by atoms with Crippen molar-refractivity contribution in [3.05, 3.63) is 59.9 Å². The van der Waals surface area contributed by atoms with Gasteiger partial charge in [-0.25, -0.2) is 12.8 Å². The Kier molecular flexibility index (Phi) is 6.49. The lowest BCUT2D eigenvalue weighted by molar-refractivity contribution is -0.121. The van der Waals surface area contributed by atoms with Gasteiger partial charge in [-0.05, 0) is 49.2 Å². The van der Waals surface area contributed by atoms with Crippen LogP contribution in [0.5, 0.6) is 5.75 Å². The van der Waals surface area contributed by atoms with Gasteiger partial charge in [0, 0.05) is 6.42 Å². The van der Waals surface area contributed by atoms with Crippen molar-refractivity contribution in [2.75, 3.05) is 6.61 Å². The quantitative estimate of drug-likeness (QED) is 0.701. The maximum absolute atomic E-state index is 13.5. The zero-order valence-corrected chi connectivity index (χ0v) is 14.5. The maximum atomic E-state index is 13.5. The van der Waals surface area contributed by atoms with E-state index >= 15 is 0 Å². The average molecular weight is 366 g/mol. The molecule has 6 nitrogen and oxygen atoms in total. The summed E-state index contributed by atoms with van der Waals surface area (Å²) < 4.78 is 42.9. The number of hydrazine groups is 1. The third kappa shape index (κ3) is 5.54. The molecule has 0 aliphatic rings. The lowest BCUT2D eigenvalue weighted by atomic mass is 10.1. The van der Waals surface area contributed by atoms with Crippen molar-refractivity contribution in [3.8, 4) is 5.75 Å². The molecule has 2 aromatic carbocycles. The van der Waals surface area contributed by atoms with E-state index in [1.807, 2.05) is 11.8 Å². The van der Waals surface area contributed by atoms with Gasteiger partial charge in [0.15, 0.2) is 0 Å². The van der Waals surface area contributed by atoms with E-state index in [-0.39, 0.29) is 17.7 Å². The number of amides is 1. The molecule has 0 aromatic heterocycles.